The number of anilines is 1. The number of urea groups is 1. The number of nitrogens with zero attached hydrogens (tertiary/aromatic N) is 1. The van der Waals surface area contributed by atoms with Crippen LogP contribution in [0.5, 0.6) is 0 Å². The number of carbonyl (C=O) groups is 2. The van der Waals surface area contributed by atoms with E-state index >= 15 is 0 Å². The van der Waals surface area contributed by atoms with Crippen LogP contribution in [0.3, 0.4) is 0 Å². The summed E-state index contributed by atoms with van der Waals surface area (Å²) < 4.78 is 24.4. The summed E-state index contributed by atoms with van der Waals surface area (Å²) in [4.78, 5) is 30.4. The van der Waals surface area contributed by atoms with E-state index in [4.69, 9.17) is 23.6 Å². The van der Waals surface area contributed by atoms with Crippen molar-refractivity contribution in [3.63, 3.8) is 0 Å². The number of hydrogen-bond acceptors (Lipinski definition) is 9. The zero-order valence-corrected chi connectivity index (χ0v) is 31.0. The van der Waals surface area contributed by atoms with Crippen molar-refractivity contribution < 1.29 is 33.3 Å². The smallest absolute Gasteiger partial charge is 0.328 e. The third-order valence-corrected chi connectivity index (χ3v) is 10.2. The van der Waals surface area contributed by atoms with E-state index in [1.807, 2.05) is 127 Å². The Morgan fingerprint density at radius 1 is 0.800 bits per heavy atom. The molecule has 3 N–H and O–H groups in total. The van der Waals surface area contributed by atoms with Gasteiger partial charge in [-0.2, -0.15) is 0 Å². The fourth-order valence-electron chi connectivity index (χ4n) is 6.36. The van der Waals surface area contributed by atoms with E-state index in [2.05, 4.69) is 10.6 Å². The summed E-state index contributed by atoms with van der Waals surface area (Å²) in [5.74, 6) is 0.727. The van der Waals surface area contributed by atoms with Gasteiger partial charge in [-0.25, -0.2) is 14.6 Å². The molecular formula is C44H41N3O7S. The second kappa shape index (κ2) is 18.1. The highest BCUT2D eigenvalue weighted by molar-refractivity contribution is 7.99. The molecule has 2 heterocycles. The molecule has 55 heavy (non-hydrogen) atoms. The maximum Gasteiger partial charge on any atom is 0.328 e. The molecule has 4 unspecified atom stereocenters. The van der Waals surface area contributed by atoms with Gasteiger partial charge in [0.2, 0.25) is 0 Å². The predicted molar refractivity (Wildman–Crippen MR) is 211 cm³/mol. The molecule has 1 aromatic heterocycles. The normalized spacial score (nSPS) is 17.2. The first-order valence-corrected chi connectivity index (χ1v) is 19.0. The van der Waals surface area contributed by atoms with Crippen LogP contribution in [-0.2, 0) is 32.0 Å². The number of aliphatic hydroxyl groups excluding tert-OH is 1. The molecule has 0 radical (unpaired) electrons. The highest BCUT2D eigenvalue weighted by Gasteiger charge is 2.33. The van der Waals surface area contributed by atoms with Gasteiger partial charge in [-0.05, 0) is 28.8 Å². The molecule has 4 atom stereocenters. The van der Waals surface area contributed by atoms with E-state index in [1.54, 1.807) is 12.1 Å². The van der Waals surface area contributed by atoms with E-state index in [-0.39, 0.29) is 25.2 Å². The SMILES string of the molecule is COC(=O)C(Cc1ccccc1)NC(=O)Nc1ccc(C2OC(CSc3nc(-c4ccccc4)c(-c4ccccc4)o3)CC(c3ccc(CO)cc3)O2)cc1. The first kappa shape index (κ1) is 37.6. The van der Waals surface area contributed by atoms with Gasteiger partial charge in [0.1, 0.15) is 11.7 Å². The lowest BCUT2D eigenvalue weighted by Crippen LogP contribution is -2.45. The minimum Gasteiger partial charge on any atom is -0.467 e. The van der Waals surface area contributed by atoms with Gasteiger partial charge in [0.15, 0.2) is 12.1 Å². The first-order valence-electron chi connectivity index (χ1n) is 18.0. The minimum absolute atomic E-state index is 0.0440. The van der Waals surface area contributed by atoms with Crippen LogP contribution in [0.1, 0.15) is 41.1 Å². The van der Waals surface area contributed by atoms with Gasteiger partial charge < -0.3 is 34.4 Å². The Labute approximate surface area is 323 Å². The van der Waals surface area contributed by atoms with Crippen LogP contribution in [0.15, 0.2) is 149 Å². The van der Waals surface area contributed by atoms with Crippen LogP contribution in [0.4, 0.5) is 10.5 Å². The Bertz CT molecular complexity index is 2090. The zero-order valence-electron chi connectivity index (χ0n) is 30.2. The lowest BCUT2D eigenvalue weighted by Gasteiger charge is -2.36. The van der Waals surface area contributed by atoms with Crippen molar-refractivity contribution in [3.8, 4) is 22.6 Å². The lowest BCUT2D eigenvalue weighted by molar-refractivity contribution is -0.245. The summed E-state index contributed by atoms with van der Waals surface area (Å²) in [5, 5.41) is 15.7. The Morgan fingerprint density at radius 3 is 2.09 bits per heavy atom. The monoisotopic (exact) mass is 755 g/mol. The lowest BCUT2D eigenvalue weighted by atomic mass is 10.0. The number of nitrogens with one attached hydrogen (secondary N) is 2. The Balaban J connectivity index is 1.06. The maximum atomic E-state index is 13.0. The molecule has 0 saturated carbocycles. The maximum absolute atomic E-state index is 13.0. The number of hydrogen-bond donors (Lipinski definition) is 3. The summed E-state index contributed by atoms with van der Waals surface area (Å²) >= 11 is 1.49. The van der Waals surface area contributed by atoms with E-state index in [1.165, 1.54) is 18.9 Å². The van der Waals surface area contributed by atoms with Crippen LogP contribution in [-0.4, -0.2) is 47.1 Å². The van der Waals surface area contributed by atoms with E-state index < -0.39 is 24.3 Å². The van der Waals surface area contributed by atoms with Crippen molar-refractivity contribution in [1.82, 2.24) is 10.3 Å². The van der Waals surface area contributed by atoms with Crippen LogP contribution in [0.25, 0.3) is 22.6 Å². The first-order chi connectivity index (χ1) is 26.9. The topological polar surface area (TPSA) is 132 Å². The molecule has 1 aliphatic heterocycles. The molecule has 0 aliphatic carbocycles. The molecule has 0 bridgehead atoms. The van der Waals surface area contributed by atoms with Crippen molar-refractivity contribution in [2.45, 2.75) is 49.2 Å². The number of thioether (sulfide) groups is 1. The summed E-state index contributed by atoms with van der Waals surface area (Å²) in [6.07, 6.45) is -0.350. The molecule has 0 spiro atoms. The third-order valence-electron chi connectivity index (χ3n) is 9.21. The van der Waals surface area contributed by atoms with E-state index in [0.29, 0.717) is 28.8 Å². The highest BCUT2D eigenvalue weighted by atomic mass is 32.2. The number of oxazole rings is 1. The Kier molecular flexibility index (Phi) is 12.4. The molecule has 1 aliphatic rings. The average Bonchev–Trinajstić information content (AvgIpc) is 3.68. The van der Waals surface area contributed by atoms with Gasteiger partial charge in [0.05, 0.1) is 25.9 Å². The number of benzene rings is 5. The number of ether oxygens (including phenoxy) is 3. The Morgan fingerprint density at radius 2 is 1.44 bits per heavy atom. The van der Waals surface area contributed by atoms with Gasteiger partial charge in [0, 0.05) is 41.0 Å². The predicted octanol–water partition coefficient (Wildman–Crippen LogP) is 8.74. The number of aromatic nitrogens is 1. The van der Waals surface area contributed by atoms with Crippen molar-refractivity contribution in [3.05, 3.63) is 162 Å². The molecule has 280 valence electrons. The molecule has 11 heteroatoms. The van der Waals surface area contributed by atoms with Gasteiger partial charge >= 0.3 is 12.0 Å². The number of esters is 1. The molecule has 1 saturated heterocycles. The Hall–Kier alpha value is -5.72. The van der Waals surface area contributed by atoms with Crippen molar-refractivity contribution in [2.24, 2.45) is 0 Å². The fourth-order valence-corrected chi connectivity index (χ4v) is 7.20. The second-order valence-corrected chi connectivity index (χ2v) is 14.0. The van der Waals surface area contributed by atoms with Crippen LogP contribution < -0.4 is 10.6 Å². The van der Waals surface area contributed by atoms with Crippen molar-refractivity contribution in [2.75, 3.05) is 18.2 Å². The molecule has 7 rings (SSSR count). The standard InChI is InChI=1S/C44H41N3O7S/c1-51-41(49)37(25-29-11-5-2-6-12-29)46-43(50)45-35-23-21-34(22-24-35)42-52-36(26-38(53-42)31-19-17-30(27-48)18-20-31)28-55-44-47-39(32-13-7-3-8-14-32)40(54-44)33-15-9-4-10-16-33/h2-24,36-38,42,48H,25-28H2,1H3,(H2,45,46,50). The number of methoxy groups -OCH3 is 1. The van der Waals surface area contributed by atoms with Crippen molar-refractivity contribution >= 4 is 29.4 Å². The summed E-state index contributed by atoms with van der Waals surface area (Å²) in [5.41, 5.74) is 6.66. The largest absolute Gasteiger partial charge is 0.467 e. The third kappa shape index (κ3) is 9.69. The van der Waals surface area contributed by atoms with E-state index in [0.717, 1.165) is 39.1 Å². The molecule has 1 fully saturated rings. The molecule has 10 nitrogen and oxygen atoms in total. The molecular weight excluding hydrogens is 715 g/mol. The summed E-state index contributed by atoms with van der Waals surface area (Å²) in [7, 11) is 1.30. The highest BCUT2D eigenvalue weighted by Crippen LogP contribution is 2.41. The summed E-state index contributed by atoms with van der Waals surface area (Å²) in [6.45, 7) is -0.0440. The van der Waals surface area contributed by atoms with Crippen LogP contribution >= 0.6 is 11.8 Å². The number of rotatable bonds is 13. The molecule has 2 amide bonds. The minimum atomic E-state index is -0.861. The number of amides is 2. The van der Waals surface area contributed by atoms with Gasteiger partial charge in [-0.15, -0.1) is 0 Å². The zero-order chi connectivity index (χ0) is 38.0. The van der Waals surface area contributed by atoms with Crippen LogP contribution in [0.2, 0.25) is 0 Å². The quantitative estimate of drug-likeness (QED) is 0.0782. The molecule has 6 aromatic rings. The summed E-state index contributed by atoms with van der Waals surface area (Å²) in [6, 6.07) is 42.9. The van der Waals surface area contributed by atoms with Gasteiger partial charge in [-0.1, -0.05) is 139 Å². The van der Waals surface area contributed by atoms with E-state index in [9.17, 15) is 14.7 Å². The molecule has 5 aromatic carbocycles. The second-order valence-electron chi connectivity index (χ2n) is 13.0. The van der Waals surface area contributed by atoms with Crippen molar-refractivity contribution in [1.29, 1.82) is 0 Å². The van der Waals surface area contributed by atoms with Crippen LogP contribution in [0, 0.1) is 0 Å². The number of carbonyl (C=O) groups excluding carboxylic acids is 2. The average molecular weight is 756 g/mol. The fraction of sp³-hybridized carbons (Fsp3) is 0.205. The van der Waals surface area contributed by atoms with Gasteiger partial charge in [-0.3, -0.25) is 0 Å². The van der Waals surface area contributed by atoms with Gasteiger partial charge in [0.25, 0.3) is 5.22 Å². The number of aliphatic hydroxyl groups is 1.